The van der Waals surface area contributed by atoms with Crippen LogP contribution in [0.3, 0.4) is 0 Å². The summed E-state index contributed by atoms with van der Waals surface area (Å²) in [7, 11) is 2.12. The molecule has 0 aromatic heterocycles. The summed E-state index contributed by atoms with van der Waals surface area (Å²) >= 11 is 0. The molecule has 2 aliphatic rings. The summed E-state index contributed by atoms with van der Waals surface area (Å²) in [5, 5.41) is 3.09. The van der Waals surface area contributed by atoms with E-state index in [1.165, 1.54) is 0 Å². The van der Waals surface area contributed by atoms with Crippen molar-refractivity contribution in [3.8, 4) is 0 Å². The van der Waals surface area contributed by atoms with Crippen molar-refractivity contribution >= 4 is 5.91 Å². The van der Waals surface area contributed by atoms with E-state index in [1.807, 2.05) is 0 Å². The second-order valence-corrected chi connectivity index (χ2v) is 5.06. The fraction of sp³-hybridized carbons (Fsp3) is 0.909. The molecule has 1 amide bonds. The quantitative estimate of drug-likeness (QED) is 0.680. The summed E-state index contributed by atoms with van der Waals surface area (Å²) in [5.74, 6) is 0.0725. The largest absolute Gasteiger partial charge is 0.352 e. The van der Waals surface area contributed by atoms with Crippen molar-refractivity contribution in [3.05, 3.63) is 0 Å². The molecule has 3 N–H and O–H groups in total. The van der Waals surface area contributed by atoms with Crippen molar-refractivity contribution in [3.63, 3.8) is 0 Å². The molecule has 0 spiro atoms. The summed E-state index contributed by atoms with van der Waals surface area (Å²) in [6, 6.07) is 0.342. The summed E-state index contributed by atoms with van der Waals surface area (Å²) in [6.45, 7) is 2.14. The molecule has 0 unspecified atom stereocenters. The molecule has 0 aromatic carbocycles. The van der Waals surface area contributed by atoms with Gasteiger partial charge in [-0.15, -0.1) is 0 Å². The van der Waals surface area contributed by atoms with Crippen molar-refractivity contribution in [2.24, 2.45) is 5.73 Å². The Morgan fingerprint density at radius 1 is 1.40 bits per heavy atom. The molecular weight excluding hydrogens is 190 g/mol. The predicted octanol–water partition coefficient (Wildman–Crippen LogP) is 0.0782. The van der Waals surface area contributed by atoms with Crippen LogP contribution in [0.1, 0.15) is 32.1 Å². The Balaban J connectivity index is 1.79. The van der Waals surface area contributed by atoms with Crippen molar-refractivity contribution in [2.45, 2.75) is 43.7 Å². The molecule has 0 atom stereocenters. The highest BCUT2D eigenvalue weighted by Crippen LogP contribution is 2.29. The first kappa shape index (κ1) is 10.9. The van der Waals surface area contributed by atoms with E-state index in [4.69, 9.17) is 5.73 Å². The smallest absolute Gasteiger partial charge is 0.240 e. The molecule has 0 aromatic rings. The molecule has 1 aliphatic heterocycles. The van der Waals surface area contributed by atoms with E-state index in [-0.39, 0.29) is 5.91 Å². The van der Waals surface area contributed by atoms with Gasteiger partial charge in [0.05, 0.1) is 5.54 Å². The minimum Gasteiger partial charge on any atom is -0.352 e. The summed E-state index contributed by atoms with van der Waals surface area (Å²) in [6.07, 6.45) is 4.91. The first-order valence-corrected chi connectivity index (χ1v) is 5.88. The predicted molar refractivity (Wildman–Crippen MR) is 59.4 cm³/mol. The molecule has 4 heteroatoms. The minimum atomic E-state index is -0.538. The molecule has 1 saturated heterocycles. The lowest BCUT2D eigenvalue weighted by atomic mass is 9.77. The van der Waals surface area contributed by atoms with E-state index in [9.17, 15) is 4.79 Å². The minimum absolute atomic E-state index is 0.0725. The third-order valence-corrected chi connectivity index (χ3v) is 3.75. The molecule has 0 radical (unpaired) electrons. The third kappa shape index (κ3) is 2.32. The van der Waals surface area contributed by atoms with Crippen LogP contribution in [0.4, 0.5) is 0 Å². The molecule has 86 valence electrons. The zero-order valence-electron chi connectivity index (χ0n) is 9.46. The number of hydrogen-bond donors (Lipinski definition) is 2. The van der Waals surface area contributed by atoms with Gasteiger partial charge in [0.15, 0.2) is 0 Å². The summed E-state index contributed by atoms with van der Waals surface area (Å²) in [4.78, 5) is 14.1. The second-order valence-electron chi connectivity index (χ2n) is 5.06. The number of amides is 1. The lowest BCUT2D eigenvalue weighted by molar-refractivity contribution is -0.130. The van der Waals surface area contributed by atoms with E-state index in [0.717, 1.165) is 45.2 Å². The van der Waals surface area contributed by atoms with Gasteiger partial charge in [0, 0.05) is 6.04 Å². The highest BCUT2D eigenvalue weighted by Gasteiger charge is 2.40. The Labute approximate surface area is 91.2 Å². The average molecular weight is 211 g/mol. The van der Waals surface area contributed by atoms with Gasteiger partial charge < -0.3 is 16.0 Å². The number of likely N-dealkylation sites (tertiary alicyclic amines) is 1. The number of nitrogens with two attached hydrogens (primary N) is 1. The van der Waals surface area contributed by atoms with E-state index in [2.05, 4.69) is 17.3 Å². The van der Waals surface area contributed by atoms with Crippen LogP contribution < -0.4 is 11.1 Å². The van der Waals surface area contributed by atoms with Crippen LogP contribution in [0.5, 0.6) is 0 Å². The number of carbonyl (C=O) groups is 1. The van der Waals surface area contributed by atoms with Gasteiger partial charge in [-0.05, 0) is 52.2 Å². The Bertz CT molecular complexity index is 242. The fourth-order valence-electron chi connectivity index (χ4n) is 2.27. The Hall–Kier alpha value is -0.610. The number of nitrogens with one attached hydrogen (secondary N) is 1. The van der Waals surface area contributed by atoms with Crippen LogP contribution in [0.25, 0.3) is 0 Å². The van der Waals surface area contributed by atoms with Gasteiger partial charge in [-0.3, -0.25) is 4.79 Å². The van der Waals surface area contributed by atoms with Crippen LogP contribution in [0, 0.1) is 0 Å². The Kier molecular flexibility index (Phi) is 2.98. The topological polar surface area (TPSA) is 58.4 Å². The number of rotatable bonds is 2. The number of piperidine rings is 1. The fourth-order valence-corrected chi connectivity index (χ4v) is 2.27. The van der Waals surface area contributed by atoms with E-state index in [0.29, 0.717) is 6.04 Å². The van der Waals surface area contributed by atoms with Gasteiger partial charge in [0.2, 0.25) is 5.91 Å². The number of hydrogen-bond acceptors (Lipinski definition) is 3. The molecule has 15 heavy (non-hydrogen) atoms. The van der Waals surface area contributed by atoms with Crippen LogP contribution in [-0.2, 0) is 4.79 Å². The Morgan fingerprint density at radius 3 is 2.47 bits per heavy atom. The van der Waals surface area contributed by atoms with Crippen molar-refractivity contribution in [1.82, 2.24) is 10.2 Å². The van der Waals surface area contributed by atoms with E-state index in [1.54, 1.807) is 0 Å². The zero-order chi connectivity index (χ0) is 10.9. The number of nitrogens with zero attached hydrogens (tertiary/aromatic N) is 1. The molecule has 2 fully saturated rings. The maximum atomic E-state index is 11.8. The van der Waals surface area contributed by atoms with Gasteiger partial charge in [0.25, 0.3) is 0 Å². The van der Waals surface area contributed by atoms with Crippen molar-refractivity contribution in [2.75, 3.05) is 20.1 Å². The SMILES string of the molecule is CN1CCC(NC(=O)C2(N)CCC2)CC1. The lowest BCUT2D eigenvalue weighted by Crippen LogP contribution is -2.60. The molecule has 0 bridgehead atoms. The van der Waals surface area contributed by atoms with Crippen molar-refractivity contribution < 1.29 is 4.79 Å². The molecule has 2 rings (SSSR count). The van der Waals surface area contributed by atoms with Crippen molar-refractivity contribution in [1.29, 1.82) is 0 Å². The standard InChI is InChI=1S/C11H21N3O/c1-14-7-3-9(4-8-14)13-10(15)11(12)5-2-6-11/h9H,2-8,12H2,1H3,(H,13,15). The molecule has 4 nitrogen and oxygen atoms in total. The van der Waals surface area contributed by atoms with Gasteiger partial charge in [-0.25, -0.2) is 0 Å². The zero-order valence-corrected chi connectivity index (χ0v) is 9.46. The first-order chi connectivity index (χ1) is 7.10. The summed E-state index contributed by atoms with van der Waals surface area (Å²) in [5.41, 5.74) is 5.43. The highest BCUT2D eigenvalue weighted by atomic mass is 16.2. The normalized spacial score (nSPS) is 27.1. The maximum absolute atomic E-state index is 11.8. The van der Waals surface area contributed by atoms with Crippen LogP contribution in [0.15, 0.2) is 0 Å². The van der Waals surface area contributed by atoms with Gasteiger partial charge in [-0.1, -0.05) is 0 Å². The molecule has 1 aliphatic carbocycles. The maximum Gasteiger partial charge on any atom is 0.240 e. The number of carbonyl (C=O) groups excluding carboxylic acids is 1. The molecule has 1 saturated carbocycles. The van der Waals surface area contributed by atoms with E-state index >= 15 is 0 Å². The molecule has 1 heterocycles. The second kappa shape index (κ2) is 4.10. The highest BCUT2D eigenvalue weighted by molar-refractivity contribution is 5.87. The van der Waals surface area contributed by atoms with Crippen LogP contribution in [-0.4, -0.2) is 42.5 Å². The van der Waals surface area contributed by atoms with Gasteiger partial charge in [-0.2, -0.15) is 0 Å². The average Bonchev–Trinajstić information content (AvgIpc) is 2.18. The van der Waals surface area contributed by atoms with Crippen LogP contribution >= 0.6 is 0 Å². The van der Waals surface area contributed by atoms with E-state index < -0.39 is 5.54 Å². The molecular formula is C11H21N3O. The lowest BCUT2D eigenvalue weighted by Gasteiger charge is -2.38. The summed E-state index contributed by atoms with van der Waals surface area (Å²) < 4.78 is 0. The van der Waals surface area contributed by atoms with Crippen LogP contribution in [0.2, 0.25) is 0 Å². The van der Waals surface area contributed by atoms with Gasteiger partial charge >= 0.3 is 0 Å². The Morgan fingerprint density at radius 2 is 2.00 bits per heavy atom. The monoisotopic (exact) mass is 211 g/mol. The first-order valence-electron chi connectivity index (χ1n) is 5.88. The third-order valence-electron chi connectivity index (χ3n) is 3.75. The van der Waals surface area contributed by atoms with Gasteiger partial charge in [0.1, 0.15) is 0 Å².